The Hall–Kier alpha value is -4.18. The predicted octanol–water partition coefficient (Wildman–Crippen LogP) is 5.23. The lowest BCUT2D eigenvalue weighted by Crippen LogP contribution is -2.36. The van der Waals surface area contributed by atoms with Crippen LogP contribution in [0.1, 0.15) is 11.1 Å². The molecule has 0 atom stereocenters. The van der Waals surface area contributed by atoms with Crippen molar-refractivity contribution in [3.05, 3.63) is 94.4 Å². The first-order valence-corrected chi connectivity index (χ1v) is 11.5. The molecule has 1 saturated heterocycles. The molecule has 0 bridgehead atoms. The van der Waals surface area contributed by atoms with Crippen molar-refractivity contribution in [2.75, 3.05) is 19.0 Å². The molecule has 4 rings (SSSR count). The zero-order valence-corrected chi connectivity index (χ0v) is 19.8. The Labute approximate surface area is 209 Å². The highest BCUT2D eigenvalue weighted by atomic mass is 32.2. The van der Waals surface area contributed by atoms with Crippen LogP contribution in [0, 0.1) is 11.6 Å². The van der Waals surface area contributed by atoms with E-state index in [-0.39, 0.29) is 23.0 Å². The number of ether oxygens (including phenoxy) is 2. The Morgan fingerprint density at radius 1 is 1.00 bits per heavy atom. The van der Waals surface area contributed by atoms with Gasteiger partial charge in [-0.1, -0.05) is 24.3 Å². The number of halogens is 2. The van der Waals surface area contributed by atoms with Crippen molar-refractivity contribution < 1.29 is 32.6 Å². The van der Waals surface area contributed by atoms with Gasteiger partial charge >= 0.3 is 0 Å². The second-order valence-corrected chi connectivity index (χ2v) is 8.65. The molecule has 3 amide bonds. The Balaban J connectivity index is 1.42. The first kappa shape index (κ1) is 24.9. The van der Waals surface area contributed by atoms with Gasteiger partial charge in [0.2, 0.25) is 5.91 Å². The minimum atomic E-state index is -0.631. The number of amides is 3. The molecule has 7 nitrogen and oxygen atoms in total. The van der Waals surface area contributed by atoms with Crippen LogP contribution in [0.4, 0.5) is 19.3 Å². The molecule has 0 aliphatic carbocycles. The molecular weight excluding hydrogens is 490 g/mol. The minimum Gasteiger partial charge on any atom is -0.493 e. The summed E-state index contributed by atoms with van der Waals surface area (Å²) < 4.78 is 37.5. The summed E-state index contributed by atoms with van der Waals surface area (Å²) in [5.74, 6) is -1.26. The predicted molar refractivity (Wildman–Crippen MR) is 131 cm³/mol. The maximum Gasteiger partial charge on any atom is 0.294 e. The van der Waals surface area contributed by atoms with Gasteiger partial charge in [0, 0.05) is 5.69 Å². The number of imide groups is 1. The van der Waals surface area contributed by atoms with Gasteiger partial charge in [-0.25, -0.2) is 8.78 Å². The number of nitrogens with zero attached hydrogens (tertiary/aromatic N) is 1. The van der Waals surface area contributed by atoms with E-state index in [2.05, 4.69) is 5.32 Å². The van der Waals surface area contributed by atoms with Crippen molar-refractivity contribution in [1.29, 1.82) is 0 Å². The van der Waals surface area contributed by atoms with Crippen LogP contribution < -0.4 is 14.8 Å². The molecule has 1 heterocycles. The lowest BCUT2D eigenvalue weighted by Gasteiger charge is -2.12. The summed E-state index contributed by atoms with van der Waals surface area (Å²) in [4.78, 5) is 38.4. The smallest absolute Gasteiger partial charge is 0.294 e. The molecule has 36 heavy (non-hydrogen) atoms. The van der Waals surface area contributed by atoms with E-state index in [1.165, 1.54) is 43.5 Å². The fourth-order valence-corrected chi connectivity index (χ4v) is 4.17. The van der Waals surface area contributed by atoms with Crippen molar-refractivity contribution in [2.24, 2.45) is 0 Å². The van der Waals surface area contributed by atoms with E-state index in [9.17, 15) is 23.2 Å². The minimum absolute atomic E-state index is 0.139. The molecule has 10 heteroatoms. The number of carbonyl (C=O) groups excluding carboxylic acids is 3. The van der Waals surface area contributed by atoms with Crippen LogP contribution in [0.3, 0.4) is 0 Å². The molecule has 3 aromatic rings. The first-order valence-electron chi connectivity index (χ1n) is 10.7. The summed E-state index contributed by atoms with van der Waals surface area (Å²) in [6, 6.07) is 16.2. The van der Waals surface area contributed by atoms with Crippen LogP contribution in [0.2, 0.25) is 0 Å². The second kappa shape index (κ2) is 11.0. The molecule has 0 saturated carbocycles. The van der Waals surface area contributed by atoms with Crippen molar-refractivity contribution in [2.45, 2.75) is 6.61 Å². The van der Waals surface area contributed by atoms with Gasteiger partial charge in [0.25, 0.3) is 11.1 Å². The van der Waals surface area contributed by atoms with Gasteiger partial charge in [-0.2, -0.15) is 0 Å². The van der Waals surface area contributed by atoms with Crippen LogP contribution in [-0.2, 0) is 16.2 Å². The SMILES string of the molecule is COc1cc(/C=C2/SC(=O)N(CC(=O)Nc3cccc(F)c3)C2=O)ccc1OCc1ccc(F)cc1. The Bertz CT molecular complexity index is 1340. The molecular formula is C26H20F2N2O5S. The molecule has 0 spiro atoms. The monoisotopic (exact) mass is 510 g/mol. The van der Waals surface area contributed by atoms with Crippen LogP contribution in [0.5, 0.6) is 11.5 Å². The van der Waals surface area contributed by atoms with Crippen molar-refractivity contribution in [1.82, 2.24) is 4.90 Å². The van der Waals surface area contributed by atoms with Gasteiger partial charge in [-0.3, -0.25) is 19.3 Å². The largest absolute Gasteiger partial charge is 0.493 e. The van der Waals surface area contributed by atoms with E-state index >= 15 is 0 Å². The second-order valence-electron chi connectivity index (χ2n) is 7.65. The Morgan fingerprint density at radius 2 is 1.78 bits per heavy atom. The average Bonchev–Trinajstić information content (AvgIpc) is 3.11. The average molecular weight is 511 g/mol. The summed E-state index contributed by atoms with van der Waals surface area (Å²) in [5, 5.41) is 1.87. The summed E-state index contributed by atoms with van der Waals surface area (Å²) in [6.45, 7) is -0.301. The molecule has 1 N–H and O–H groups in total. The number of methoxy groups -OCH3 is 1. The lowest BCUT2D eigenvalue weighted by molar-refractivity contribution is -0.127. The van der Waals surface area contributed by atoms with E-state index < -0.39 is 29.4 Å². The molecule has 1 fully saturated rings. The molecule has 0 radical (unpaired) electrons. The summed E-state index contributed by atoms with van der Waals surface area (Å²) >= 11 is 0.710. The molecule has 3 aromatic carbocycles. The number of nitrogens with one attached hydrogen (secondary N) is 1. The number of benzene rings is 3. The van der Waals surface area contributed by atoms with Crippen LogP contribution in [-0.4, -0.2) is 35.6 Å². The normalized spacial score (nSPS) is 14.3. The first-order chi connectivity index (χ1) is 17.3. The van der Waals surface area contributed by atoms with Crippen LogP contribution in [0.25, 0.3) is 6.08 Å². The molecule has 184 valence electrons. The topological polar surface area (TPSA) is 84.9 Å². The fraction of sp³-hybridized carbons (Fsp3) is 0.115. The summed E-state index contributed by atoms with van der Waals surface area (Å²) in [7, 11) is 1.47. The summed E-state index contributed by atoms with van der Waals surface area (Å²) in [5.41, 5.74) is 1.57. The van der Waals surface area contributed by atoms with Crippen molar-refractivity contribution in [3.63, 3.8) is 0 Å². The third-order valence-electron chi connectivity index (χ3n) is 5.08. The highest BCUT2D eigenvalue weighted by Gasteiger charge is 2.36. The number of hydrogen-bond donors (Lipinski definition) is 1. The molecule has 0 aromatic heterocycles. The van der Waals surface area contributed by atoms with E-state index in [1.54, 1.807) is 30.3 Å². The maximum atomic E-state index is 13.3. The third kappa shape index (κ3) is 6.08. The zero-order valence-electron chi connectivity index (χ0n) is 19.0. The van der Waals surface area contributed by atoms with E-state index in [0.29, 0.717) is 28.8 Å². The lowest BCUT2D eigenvalue weighted by atomic mass is 10.1. The highest BCUT2D eigenvalue weighted by Crippen LogP contribution is 2.34. The van der Waals surface area contributed by atoms with Crippen LogP contribution >= 0.6 is 11.8 Å². The maximum absolute atomic E-state index is 13.3. The highest BCUT2D eigenvalue weighted by molar-refractivity contribution is 8.18. The zero-order chi connectivity index (χ0) is 25.7. The van der Waals surface area contributed by atoms with Gasteiger partial charge in [0.15, 0.2) is 11.5 Å². The quantitative estimate of drug-likeness (QED) is 0.418. The van der Waals surface area contributed by atoms with Crippen molar-refractivity contribution >= 4 is 40.6 Å². The number of carbonyl (C=O) groups is 3. The summed E-state index contributed by atoms with van der Waals surface area (Å²) in [6.07, 6.45) is 1.52. The molecule has 1 aliphatic heterocycles. The Kier molecular flexibility index (Phi) is 7.65. The Morgan fingerprint density at radius 3 is 2.50 bits per heavy atom. The van der Waals surface area contributed by atoms with Crippen LogP contribution in [0.15, 0.2) is 71.6 Å². The number of hydrogen-bond acceptors (Lipinski definition) is 6. The van der Waals surface area contributed by atoms with Gasteiger partial charge in [0.1, 0.15) is 24.8 Å². The van der Waals surface area contributed by atoms with E-state index in [4.69, 9.17) is 9.47 Å². The number of anilines is 1. The number of thioether (sulfide) groups is 1. The van der Waals surface area contributed by atoms with Gasteiger partial charge in [0.05, 0.1) is 12.0 Å². The van der Waals surface area contributed by atoms with Gasteiger partial charge < -0.3 is 14.8 Å². The molecule has 0 unspecified atom stereocenters. The standard InChI is InChI=1S/C26H20F2N2O5S/c1-34-22-11-17(7-10-21(22)35-15-16-5-8-18(27)9-6-16)12-23-25(32)30(26(33)36-23)14-24(31)29-20-4-2-3-19(28)13-20/h2-13H,14-15H2,1H3,(H,29,31)/b23-12+. The third-order valence-corrected chi connectivity index (χ3v) is 5.98. The van der Waals surface area contributed by atoms with Gasteiger partial charge in [-0.05, 0) is 71.4 Å². The fourth-order valence-electron chi connectivity index (χ4n) is 3.33. The molecule has 1 aliphatic rings. The van der Waals surface area contributed by atoms with E-state index in [0.717, 1.165) is 16.5 Å². The van der Waals surface area contributed by atoms with E-state index in [1.807, 2.05) is 0 Å². The van der Waals surface area contributed by atoms with Gasteiger partial charge in [-0.15, -0.1) is 0 Å². The number of rotatable bonds is 8. The van der Waals surface area contributed by atoms with Crippen molar-refractivity contribution in [3.8, 4) is 11.5 Å².